The predicted octanol–water partition coefficient (Wildman–Crippen LogP) is 2.96. The van der Waals surface area contributed by atoms with Gasteiger partial charge in [-0.25, -0.2) is 13.1 Å². The Morgan fingerprint density at radius 3 is 2.70 bits per heavy atom. The Labute approximate surface area is 127 Å². The fourth-order valence-corrected chi connectivity index (χ4v) is 4.43. The van der Waals surface area contributed by atoms with E-state index in [1.54, 1.807) is 11.4 Å². The van der Waals surface area contributed by atoms with E-state index in [2.05, 4.69) is 23.9 Å². The van der Waals surface area contributed by atoms with Gasteiger partial charge in [-0.3, -0.25) is 0 Å². The fraction of sp³-hybridized carbons (Fsp3) is 0.714. The second-order valence-corrected chi connectivity index (χ2v) is 7.81. The van der Waals surface area contributed by atoms with Crippen molar-refractivity contribution in [2.45, 2.75) is 51.0 Å². The number of sulfonamides is 1. The van der Waals surface area contributed by atoms with E-state index in [1.807, 2.05) is 7.05 Å². The lowest BCUT2D eigenvalue weighted by atomic mass is 10.00. The summed E-state index contributed by atoms with van der Waals surface area (Å²) in [6.07, 6.45) is 4.41. The van der Waals surface area contributed by atoms with Crippen LogP contribution in [0.5, 0.6) is 0 Å². The largest absolute Gasteiger partial charge is 0.315 e. The summed E-state index contributed by atoms with van der Waals surface area (Å²) in [5.41, 5.74) is 0. The number of hydrogen-bond acceptors (Lipinski definition) is 4. The Hall–Kier alpha value is -0.430. The van der Waals surface area contributed by atoms with E-state index < -0.39 is 10.0 Å². The van der Waals surface area contributed by atoms with Crippen molar-refractivity contribution in [3.05, 3.63) is 16.3 Å². The highest BCUT2D eigenvalue weighted by Gasteiger charge is 2.17. The van der Waals surface area contributed by atoms with Crippen LogP contribution in [-0.2, 0) is 16.6 Å². The molecule has 0 aliphatic carbocycles. The second-order valence-electron chi connectivity index (χ2n) is 5.05. The molecule has 1 rings (SSSR count). The van der Waals surface area contributed by atoms with Crippen LogP contribution < -0.4 is 10.0 Å². The third-order valence-corrected chi connectivity index (χ3v) is 5.89. The van der Waals surface area contributed by atoms with E-state index in [0.29, 0.717) is 23.9 Å². The van der Waals surface area contributed by atoms with E-state index in [-0.39, 0.29) is 0 Å². The van der Waals surface area contributed by atoms with Gasteiger partial charge in [-0.2, -0.15) is 0 Å². The summed E-state index contributed by atoms with van der Waals surface area (Å²) in [6, 6.07) is 1.75. The van der Waals surface area contributed by atoms with Gasteiger partial charge in [-0.15, -0.1) is 11.3 Å². The zero-order valence-corrected chi connectivity index (χ0v) is 14.2. The SMILES string of the molecule is CCCCC(CC)CNS(=O)(=O)c1csc(CNC)c1. The van der Waals surface area contributed by atoms with E-state index >= 15 is 0 Å². The van der Waals surface area contributed by atoms with Crippen LogP contribution in [0.3, 0.4) is 0 Å². The van der Waals surface area contributed by atoms with Crippen LogP contribution in [0.2, 0.25) is 0 Å². The molecule has 6 heteroatoms. The quantitative estimate of drug-likeness (QED) is 0.697. The first-order valence-electron chi connectivity index (χ1n) is 7.25. The molecule has 0 saturated heterocycles. The average Bonchev–Trinajstić information content (AvgIpc) is 2.89. The summed E-state index contributed by atoms with van der Waals surface area (Å²) < 4.78 is 27.2. The number of rotatable bonds is 10. The van der Waals surface area contributed by atoms with E-state index in [4.69, 9.17) is 0 Å². The van der Waals surface area contributed by atoms with Crippen molar-refractivity contribution in [2.24, 2.45) is 5.92 Å². The number of unbranched alkanes of at least 4 members (excludes halogenated alkanes) is 1. The standard InChI is InChI=1S/C14H26N2O2S2/c1-4-6-7-12(5-2)9-16-20(17,18)14-8-13(10-15-3)19-11-14/h8,11-12,15-16H,4-7,9-10H2,1-3H3. The average molecular weight is 319 g/mol. The molecular formula is C14H26N2O2S2. The molecule has 0 radical (unpaired) electrons. The van der Waals surface area contributed by atoms with Crippen molar-refractivity contribution in [1.29, 1.82) is 0 Å². The number of hydrogen-bond donors (Lipinski definition) is 2. The van der Waals surface area contributed by atoms with Crippen molar-refractivity contribution in [3.63, 3.8) is 0 Å². The smallest absolute Gasteiger partial charge is 0.241 e. The molecule has 0 aliphatic heterocycles. The summed E-state index contributed by atoms with van der Waals surface area (Å²) in [5.74, 6) is 0.431. The van der Waals surface area contributed by atoms with Gasteiger partial charge < -0.3 is 5.32 Å². The molecule has 1 heterocycles. The van der Waals surface area contributed by atoms with E-state index in [9.17, 15) is 8.42 Å². The Balaban J connectivity index is 2.59. The van der Waals surface area contributed by atoms with Crippen LogP contribution in [0.25, 0.3) is 0 Å². The van der Waals surface area contributed by atoms with Gasteiger partial charge in [0.15, 0.2) is 0 Å². The van der Waals surface area contributed by atoms with Crippen molar-refractivity contribution in [3.8, 4) is 0 Å². The Morgan fingerprint density at radius 2 is 2.10 bits per heavy atom. The minimum absolute atomic E-state index is 0.387. The van der Waals surface area contributed by atoms with Crippen molar-refractivity contribution in [2.75, 3.05) is 13.6 Å². The number of nitrogens with one attached hydrogen (secondary N) is 2. The summed E-state index contributed by atoms with van der Waals surface area (Å²) in [7, 11) is -1.50. The van der Waals surface area contributed by atoms with Crippen LogP contribution in [-0.4, -0.2) is 22.0 Å². The van der Waals surface area contributed by atoms with Gasteiger partial charge in [0.1, 0.15) is 0 Å². The zero-order valence-electron chi connectivity index (χ0n) is 12.6. The Morgan fingerprint density at radius 1 is 1.35 bits per heavy atom. The van der Waals surface area contributed by atoms with Gasteiger partial charge in [-0.05, 0) is 25.5 Å². The van der Waals surface area contributed by atoms with E-state index in [1.165, 1.54) is 11.3 Å². The predicted molar refractivity (Wildman–Crippen MR) is 85.6 cm³/mol. The molecule has 4 nitrogen and oxygen atoms in total. The van der Waals surface area contributed by atoms with Crippen molar-refractivity contribution >= 4 is 21.4 Å². The molecule has 0 aliphatic rings. The topological polar surface area (TPSA) is 58.2 Å². The Kier molecular flexibility index (Phi) is 7.72. The molecule has 1 aromatic heterocycles. The van der Waals surface area contributed by atoms with Crippen LogP contribution in [0, 0.1) is 5.92 Å². The highest BCUT2D eigenvalue weighted by Crippen LogP contribution is 2.20. The van der Waals surface area contributed by atoms with Gasteiger partial charge in [0.05, 0.1) is 4.90 Å². The van der Waals surface area contributed by atoms with Crippen LogP contribution in [0.4, 0.5) is 0 Å². The molecule has 0 spiro atoms. The first-order valence-corrected chi connectivity index (χ1v) is 9.61. The lowest BCUT2D eigenvalue weighted by Crippen LogP contribution is -2.29. The maximum Gasteiger partial charge on any atom is 0.241 e. The normalized spacial score (nSPS) is 13.6. The third kappa shape index (κ3) is 5.52. The number of thiophene rings is 1. The molecule has 1 aromatic rings. The summed E-state index contributed by atoms with van der Waals surface area (Å²) >= 11 is 1.47. The Bertz CT molecular complexity index is 483. The monoisotopic (exact) mass is 318 g/mol. The van der Waals surface area contributed by atoms with Crippen molar-refractivity contribution in [1.82, 2.24) is 10.0 Å². The lowest BCUT2D eigenvalue weighted by Gasteiger charge is -2.15. The van der Waals surface area contributed by atoms with Gasteiger partial charge in [0.2, 0.25) is 10.0 Å². The molecule has 0 bridgehead atoms. The molecule has 1 atom stereocenters. The molecular weight excluding hydrogens is 292 g/mol. The van der Waals surface area contributed by atoms with Gasteiger partial charge in [0.25, 0.3) is 0 Å². The first kappa shape index (κ1) is 17.6. The molecule has 1 unspecified atom stereocenters. The van der Waals surface area contributed by atoms with Gasteiger partial charge in [0, 0.05) is 23.3 Å². The molecule has 0 fully saturated rings. The molecule has 0 saturated carbocycles. The third-order valence-electron chi connectivity index (χ3n) is 3.40. The summed E-state index contributed by atoms with van der Waals surface area (Å²) in [6.45, 7) is 5.51. The second kappa shape index (κ2) is 8.77. The minimum atomic E-state index is -3.36. The van der Waals surface area contributed by atoms with Gasteiger partial charge >= 0.3 is 0 Å². The minimum Gasteiger partial charge on any atom is -0.315 e. The summed E-state index contributed by atoms with van der Waals surface area (Å²) in [4.78, 5) is 1.42. The van der Waals surface area contributed by atoms with Crippen LogP contribution >= 0.6 is 11.3 Å². The fourth-order valence-electron chi connectivity index (χ4n) is 2.02. The van der Waals surface area contributed by atoms with Crippen molar-refractivity contribution < 1.29 is 8.42 Å². The highest BCUT2D eigenvalue weighted by atomic mass is 32.2. The zero-order chi connectivity index (χ0) is 15.0. The van der Waals surface area contributed by atoms with Crippen LogP contribution in [0.1, 0.15) is 44.4 Å². The molecule has 0 aromatic carbocycles. The maximum atomic E-state index is 12.2. The molecule has 20 heavy (non-hydrogen) atoms. The van der Waals surface area contributed by atoms with Crippen LogP contribution in [0.15, 0.2) is 16.3 Å². The van der Waals surface area contributed by atoms with Gasteiger partial charge in [-0.1, -0.05) is 33.1 Å². The maximum absolute atomic E-state index is 12.2. The lowest BCUT2D eigenvalue weighted by molar-refractivity contribution is 0.444. The van der Waals surface area contributed by atoms with E-state index in [0.717, 1.165) is 30.6 Å². The molecule has 116 valence electrons. The first-order chi connectivity index (χ1) is 9.53. The molecule has 0 amide bonds. The summed E-state index contributed by atoms with van der Waals surface area (Å²) in [5, 5.41) is 4.74. The molecule has 2 N–H and O–H groups in total. The highest BCUT2D eigenvalue weighted by molar-refractivity contribution is 7.89.